The van der Waals surface area contributed by atoms with Crippen LogP contribution in [0.2, 0.25) is 5.02 Å². The van der Waals surface area contributed by atoms with E-state index < -0.39 is 11.7 Å². The Labute approximate surface area is 134 Å². The standard InChI is InChI=1S/C14H11BrClNO2S/c1-20-14-8(4-5-10(15)11(14)16)13(19)9(6-17)12(18)7-2-3-7/h4-5,7,9H,2-3H2,1H3. The molecule has 0 amide bonds. The van der Waals surface area contributed by atoms with Crippen molar-refractivity contribution in [2.75, 3.05) is 6.26 Å². The predicted octanol–water partition coefficient (Wildman–Crippen LogP) is 4.13. The van der Waals surface area contributed by atoms with Gasteiger partial charge in [-0.1, -0.05) is 11.6 Å². The molecule has 104 valence electrons. The largest absolute Gasteiger partial charge is 0.297 e. The molecule has 0 aromatic heterocycles. The van der Waals surface area contributed by atoms with Gasteiger partial charge in [0.1, 0.15) is 0 Å². The molecule has 0 saturated heterocycles. The molecule has 1 aromatic carbocycles. The van der Waals surface area contributed by atoms with E-state index in [2.05, 4.69) is 15.9 Å². The topological polar surface area (TPSA) is 57.9 Å². The number of halogens is 2. The number of nitriles is 1. The van der Waals surface area contributed by atoms with Gasteiger partial charge in [0.15, 0.2) is 17.5 Å². The molecule has 1 saturated carbocycles. The normalized spacial score (nSPS) is 15.5. The minimum Gasteiger partial charge on any atom is -0.297 e. The Morgan fingerprint density at radius 2 is 2.15 bits per heavy atom. The monoisotopic (exact) mass is 371 g/mol. The van der Waals surface area contributed by atoms with Crippen molar-refractivity contribution in [1.29, 1.82) is 5.26 Å². The van der Waals surface area contributed by atoms with Gasteiger partial charge in [-0.15, -0.1) is 11.8 Å². The number of nitrogens with zero attached hydrogens (tertiary/aromatic N) is 1. The first kappa shape index (κ1) is 15.6. The van der Waals surface area contributed by atoms with Crippen molar-refractivity contribution in [3.05, 3.63) is 27.2 Å². The van der Waals surface area contributed by atoms with E-state index in [-0.39, 0.29) is 11.7 Å². The van der Waals surface area contributed by atoms with E-state index in [1.165, 1.54) is 11.8 Å². The minimum atomic E-state index is -1.22. The van der Waals surface area contributed by atoms with Gasteiger partial charge in [-0.3, -0.25) is 9.59 Å². The first-order valence-corrected chi connectivity index (χ1v) is 8.40. The molecule has 1 atom stereocenters. The van der Waals surface area contributed by atoms with Crippen molar-refractivity contribution in [3.8, 4) is 6.07 Å². The maximum atomic E-state index is 12.5. The summed E-state index contributed by atoms with van der Waals surface area (Å²) in [6.45, 7) is 0. The number of rotatable bonds is 5. The Bertz CT molecular complexity index is 622. The fourth-order valence-electron chi connectivity index (χ4n) is 1.94. The third-order valence-electron chi connectivity index (χ3n) is 3.18. The summed E-state index contributed by atoms with van der Waals surface area (Å²) < 4.78 is 0.682. The number of benzene rings is 1. The number of thioether (sulfide) groups is 1. The van der Waals surface area contributed by atoms with Crippen LogP contribution >= 0.6 is 39.3 Å². The lowest BCUT2D eigenvalue weighted by atomic mass is 9.92. The van der Waals surface area contributed by atoms with Gasteiger partial charge in [0.25, 0.3) is 0 Å². The van der Waals surface area contributed by atoms with Crippen LogP contribution in [0.3, 0.4) is 0 Å². The van der Waals surface area contributed by atoms with Crippen LogP contribution in [0.15, 0.2) is 21.5 Å². The Morgan fingerprint density at radius 3 is 2.65 bits per heavy atom. The van der Waals surface area contributed by atoms with Crippen molar-refractivity contribution >= 4 is 50.9 Å². The first-order valence-electron chi connectivity index (χ1n) is 6.00. The zero-order valence-electron chi connectivity index (χ0n) is 10.7. The summed E-state index contributed by atoms with van der Waals surface area (Å²) in [5.41, 5.74) is 0.339. The van der Waals surface area contributed by atoms with E-state index in [0.29, 0.717) is 20.0 Å². The number of carbonyl (C=O) groups is 2. The number of ketones is 2. The zero-order valence-corrected chi connectivity index (χ0v) is 13.8. The molecule has 0 radical (unpaired) electrons. The molecular formula is C14H11BrClNO2S. The highest BCUT2D eigenvalue weighted by molar-refractivity contribution is 9.10. The van der Waals surface area contributed by atoms with Gasteiger partial charge in [-0.25, -0.2) is 0 Å². The second-order valence-corrected chi connectivity index (χ2v) is 6.59. The van der Waals surface area contributed by atoms with Gasteiger partial charge < -0.3 is 0 Å². The van der Waals surface area contributed by atoms with E-state index >= 15 is 0 Å². The third-order valence-corrected chi connectivity index (χ3v) is 5.40. The van der Waals surface area contributed by atoms with Crippen molar-refractivity contribution in [2.45, 2.75) is 17.7 Å². The Kier molecular flexibility index (Phi) is 4.90. The average molecular weight is 373 g/mol. The van der Waals surface area contributed by atoms with Gasteiger partial charge in [-0.2, -0.15) is 5.26 Å². The zero-order chi connectivity index (χ0) is 14.9. The Balaban J connectivity index is 2.40. The Hall–Kier alpha value is -0.830. The van der Waals surface area contributed by atoms with Gasteiger partial charge >= 0.3 is 0 Å². The molecule has 0 aliphatic heterocycles. The van der Waals surface area contributed by atoms with Gasteiger partial charge in [-0.05, 0) is 47.2 Å². The lowest BCUT2D eigenvalue weighted by Gasteiger charge is -2.12. The summed E-state index contributed by atoms with van der Waals surface area (Å²) in [6.07, 6.45) is 3.36. The fraction of sp³-hybridized carbons (Fsp3) is 0.357. The molecule has 1 aromatic rings. The maximum Gasteiger partial charge on any atom is 0.188 e. The molecule has 0 N–H and O–H groups in total. The molecule has 6 heteroatoms. The molecule has 1 unspecified atom stereocenters. The van der Waals surface area contributed by atoms with Crippen LogP contribution in [-0.4, -0.2) is 17.8 Å². The summed E-state index contributed by atoms with van der Waals surface area (Å²) in [4.78, 5) is 25.1. The lowest BCUT2D eigenvalue weighted by molar-refractivity contribution is -0.121. The Morgan fingerprint density at radius 1 is 1.50 bits per heavy atom. The second kappa shape index (κ2) is 6.30. The van der Waals surface area contributed by atoms with Gasteiger partial charge in [0.2, 0.25) is 0 Å². The van der Waals surface area contributed by atoms with Crippen LogP contribution < -0.4 is 0 Å². The van der Waals surface area contributed by atoms with Crippen LogP contribution in [0.5, 0.6) is 0 Å². The predicted molar refractivity (Wildman–Crippen MR) is 82.1 cm³/mol. The summed E-state index contributed by atoms with van der Waals surface area (Å²) in [7, 11) is 0. The molecule has 0 bridgehead atoms. The summed E-state index contributed by atoms with van der Waals surface area (Å²) in [6, 6.07) is 5.11. The number of hydrogen-bond acceptors (Lipinski definition) is 4. The summed E-state index contributed by atoms with van der Waals surface area (Å²) in [5.74, 6) is -2.05. The van der Waals surface area contributed by atoms with E-state index in [4.69, 9.17) is 16.9 Å². The molecule has 2 rings (SSSR count). The average Bonchev–Trinajstić information content (AvgIpc) is 3.26. The smallest absolute Gasteiger partial charge is 0.188 e. The van der Waals surface area contributed by atoms with E-state index in [1.807, 2.05) is 6.07 Å². The van der Waals surface area contributed by atoms with Crippen molar-refractivity contribution < 1.29 is 9.59 Å². The van der Waals surface area contributed by atoms with Gasteiger partial charge in [0, 0.05) is 20.8 Å². The molecule has 0 spiro atoms. The highest BCUT2D eigenvalue weighted by Gasteiger charge is 2.39. The van der Waals surface area contributed by atoms with Crippen molar-refractivity contribution in [1.82, 2.24) is 0 Å². The molecule has 1 aliphatic rings. The molecule has 0 heterocycles. The highest BCUT2D eigenvalue weighted by atomic mass is 79.9. The second-order valence-electron chi connectivity index (χ2n) is 4.55. The van der Waals surface area contributed by atoms with Crippen LogP contribution in [0.4, 0.5) is 0 Å². The third kappa shape index (κ3) is 2.93. The number of carbonyl (C=O) groups excluding carboxylic acids is 2. The highest BCUT2D eigenvalue weighted by Crippen LogP contribution is 2.38. The fourth-order valence-corrected chi connectivity index (χ4v) is 3.47. The molecular weight excluding hydrogens is 362 g/mol. The van der Waals surface area contributed by atoms with Crippen LogP contribution in [0, 0.1) is 23.2 Å². The SMILES string of the molecule is CSc1c(C(=O)C(C#N)C(=O)C2CC2)ccc(Br)c1Cl. The molecule has 1 fully saturated rings. The van der Waals surface area contributed by atoms with Crippen molar-refractivity contribution in [2.24, 2.45) is 11.8 Å². The first-order chi connectivity index (χ1) is 9.51. The van der Waals surface area contributed by atoms with Crippen LogP contribution in [0.1, 0.15) is 23.2 Å². The van der Waals surface area contributed by atoms with E-state index in [9.17, 15) is 9.59 Å². The van der Waals surface area contributed by atoms with Crippen molar-refractivity contribution in [3.63, 3.8) is 0 Å². The molecule has 3 nitrogen and oxygen atoms in total. The maximum absolute atomic E-state index is 12.5. The van der Waals surface area contributed by atoms with Crippen LogP contribution in [-0.2, 0) is 4.79 Å². The summed E-state index contributed by atoms with van der Waals surface area (Å²) >= 11 is 10.8. The lowest BCUT2D eigenvalue weighted by Crippen LogP contribution is -2.24. The van der Waals surface area contributed by atoms with E-state index in [0.717, 1.165) is 12.8 Å². The summed E-state index contributed by atoms with van der Waals surface area (Å²) in [5, 5.41) is 9.58. The van der Waals surface area contributed by atoms with E-state index in [1.54, 1.807) is 18.4 Å². The minimum absolute atomic E-state index is 0.118. The molecule has 1 aliphatic carbocycles. The van der Waals surface area contributed by atoms with Gasteiger partial charge in [0.05, 0.1) is 11.1 Å². The number of Topliss-reactive ketones (excluding diaryl/α,β-unsaturated/α-hetero) is 2. The van der Waals surface area contributed by atoms with Crippen LogP contribution in [0.25, 0.3) is 0 Å². The quantitative estimate of drug-likeness (QED) is 0.443. The number of hydrogen-bond donors (Lipinski definition) is 0. The molecule has 20 heavy (non-hydrogen) atoms.